The van der Waals surface area contributed by atoms with E-state index in [1.54, 1.807) is 25.4 Å². The number of hydrogen-bond acceptors (Lipinski definition) is 6. The first-order valence-electron chi connectivity index (χ1n) is 14.7. The van der Waals surface area contributed by atoms with Gasteiger partial charge in [-0.15, -0.1) is 0 Å². The first kappa shape index (κ1) is 30.6. The lowest BCUT2D eigenvalue weighted by atomic mass is 9.85. The second-order valence-corrected chi connectivity index (χ2v) is 11.3. The van der Waals surface area contributed by atoms with Gasteiger partial charge in [0.15, 0.2) is 5.78 Å². The van der Waals surface area contributed by atoms with Crippen LogP contribution in [0.1, 0.15) is 45.8 Å². The highest BCUT2D eigenvalue weighted by Crippen LogP contribution is 2.39. The molecule has 0 aliphatic carbocycles. The molecule has 2 aliphatic rings. The molecule has 0 bridgehead atoms. The molecule has 1 saturated heterocycles. The van der Waals surface area contributed by atoms with Gasteiger partial charge in [0.25, 0.3) is 5.91 Å². The second-order valence-electron chi connectivity index (χ2n) is 11.3. The molecule has 0 spiro atoms. The minimum absolute atomic E-state index is 0.00996. The third-order valence-corrected chi connectivity index (χ3v) is 8.27. The predicted octanol–water partition coefficient (Wildman–Crippen LogP) is 4.93. The van der Waals surface area contributed by atoms with E-state index in [-0.39, 0.29) is 29.9 Å². The molecule has 0 radical (unpaired) electrons. The summed E-state index contributed by atoms with van der Waals surface area (Å²) in [6.07, 6.45) is -1.20. The van der Waals surface area contributed by atoms with E-state index in [9.17, 15) is 27.2 Å². The number of hydrogen-bond donors (Lipinski definition) is 1. The summed E-state index contributed by atoms with van der Waals surface area (Å²) in [6, 6.07) is 10.6. The van der Waals surface area contributed by atoms with Crippen LogP contribution in [0.25, 0.3) is 10.8 Å². The zero-order valence-corrected chi connectivity index (χ0v) is 24.5. The van der Waals surface area contributed by atoms with Gasteiger partial charge in [-0.3, -0.25) is 24.2 Å². The number of carbonyl (C=O) groups excluding carboxylic acids is 2. The van der Waals surface area contributed by atoms with Crippen molar-refractivity contribution in [2.24, 2.45) is 0 Å². The van der Waals surface area contributed by atoms with Crippen LogP contribution in [-0.2, 0) is 28.5 Å². The summed E-state index contributed by atoms with van der Waals surface area (Å²) in [5.41, 5.74) is 1.13. The van der Waals surface area contributed by atoms with E-state index in [4.69, 9.17) is 4.74 Å². The van der Waals surface area contributed by atoms with Crippen LogP contribution < -0.4 is 5.32 Å². The maximum absolute atomic E-state index is 14.9. The van der Waals surface area contributed by atoms with Gasteiger partial charge in [-0.1, -0.05) is 29.8 Å². The summed E-state index contributed by atoms with van der Waals surface area (Å²) in [5.74, 6) is -2.14. The SMILES string of the molecule is CC1=C(C(=O)Cc2ccc3cnccc3c2)C(c2ccc(C(F)(F)F)c(F)c2)n2nc(C(=O)NCCN3CCOCC3)cc2C1. The molecular weight excluding hydrogens is 590 g/mol. The summed E-state index contributed by atoms with van der Waals surface area (Å²) in [4.78, 5) is 33.4. The minimum Gasteiger partial charge on any atom is -0.379 e. The predicted molar refractivity (Wildman–Crippen MR) is 158 cm³/mol. The van der Waals surface area contributed by atoms with Crippen LogP contribution in [-0.4, -0.2) is 70.7 Å². The number of ether oxygens (including phenoxy) is 1. The number of amides is 1. The molecule has 234 valence electrons. The fraction of sp³-hybridized carbons (Fsp3) is 0.333. The topological polar surface area (TPSA) is 89.3 Å². The number of allylic oxidation sites excluding steroid dienone is 2. The Kier molecular flexibility index (Phi) is 8.52. The van der Waals surface area contributed by atoms with E-state index in [0.29, 0.717) is 49.2 Å². The smallest absolute Gasteiger partial charge is 0.379 e. The number of ketones is 1. The molecule has 12 heteroatoms. The van der Waals surface area contributed by atoms with Gasteiger partial charge in [-0.2, -0.15) is 18.3 Å². The second kappa shape index (κ2) is 12.5. The lowest BCUT2D eigenvalue weighted by molar-refractivity contribution is -0.140. The summed E-state index contributed by atoms with van der Waals surface area (Å²) < 4.78 is 62.0. The van der Waals surface area contributed by atoms with Crippen molar-refractivity contribution in [3.63, 3.8) is 0 Å². The van der Waals surface area contributed by atoms with Crippen molar-refractivity contribution >= 4 is 22.5 Å². The highest BCUT2D eigenvalue weighted by molar-refractivity contribution is 6.00. The molecule has 2 aliphatic heterocycles. The average Bonchev–Trinajstić information content (AvgIpc) is 3.44. The maximum Gasteiger partial charge on any atom is 0.419 e. The molecule has 1 fully saturated rings. The van der Waals surface area contributed by atoms with Crippen molar-refractivity contribution in [2.45, 2.75) is 32.0 Å². The Hall–Kier alpha value is -4.42. The van der Waals surface area contributed by atoms with Gasteiger partial charge in [0.05, 0.1) is 18.8 Å². The molecule has 8 nitrogen and oxygen atoms in total. The quantitative estimate of drug-likeness (QED) is 0.281. The summed E-state index contributed by atoms with van der Waals surface area (Å²) in [5, 5.41) is 9.21. The number of carbonyl (C=O) groups is 2. The molecule has 1 unspecified atom stereocenters. The van der Waals surface area contributed by atoms with E-state index in [0.717, 1.165) is 35.5 Å². The van der Waals surface area contributed by atoms with E-state index >= 15 is 0 Å². The number of rotatable bonds is 8. The lowest BCUT2D eigenvalue weighted by Gasteiger charge is -2.29. The number of pyridine rings is 1. The molecule has 6 rings (SSSR count). The number of morpholine rings is 1. The fourth-order valence-electron chi connectivity index (χ4n) is 6.02. The van der Waals surface area contributed by atoms with Gasteiger partial charge >= 0.3 is 6.18 Å². The summed E-state index contributed by atoms with van der Waals surface area (Å²) in [6.45, 7) is 5.62. The van der Waals surface area contributed by atoms with Crippen LogP contribution in [0.5, 0.6) is 0 Å². The number of aromatic nitrogens is 3. The van der Waals surface area contributed by atoms with Crippen molar-refractivity contribution < 1.29 is 31.9 Å². The van der Waals surface area contributed by atoms with Crippen LogP contribution in [0.3, 0.4) is 0 Å². The monoisotopic (exact) mass is 621 g/mol. The van der Waals surface area contributed by atoms with Gasteiger partial charge in [0.1, 0.15) is 17.6 Å². The zero-order valence-electron chi connectivity index (χ0n) is 24.5. The largest absolute Gasteiger partial charge is 0.419 e. The van der Waals surface area contributed by atoms with Crippen molar-refractivity contribution in [1.29, 1.82) is 0 Å². The fourth-order valence-corrected chi connectivity index (χ4v) is 6.02. The summed E-state index contributed by atoms with van der Waals surface area (Å²) in [7, 11) is 0. The Morgan fingerprint density at radius 3 is 2.60 bits per heavy atom. The Balaban J connectivity index is 1.32. The Morgan fingerprint density at radius 2 is 1.84 bits per heavy atom. The van der Waals surface area contributed by atoms with Gasteiger partial charge < -0.3 is 10.1 Å². The molecule has 45 heavy (non-hydrogen) atoms. The minimum atomic E-state index is -4.88. The zero-order chi connectivity index (χ0) is 31.7. The third kappa shape index (κ3) is 6.52. The number of alkyl halides is 3. The lowest BCUT2D eigenvalue weighted by Crippen LogP contribution is -2.41. The standard InChI is InChI=1S/C33H31F4N5O3/c1-20-14-25-18-28(32(44)39-8-9-41-10-12-45-13-11-41)40-42(25)31(23-4-5-26(27(34)17-23)33(35,36)37)30(20)29(43)16-21-2-3-24-19-38-7-6-22(24)15-21/h2-7,15,17-19,31H,8-14,16H2,1H3,(H,39,44). The van der Waals surface area contributed by atoms with Crippen molar-refractivity contribution in [1.82, 2.24) is 25.0 Å². The van der Waals surface area contributed by atoms with Crippen LogP contribution >= 0.6 is 0 Å². The number of halogens is 4. The van der Waals surface area contributed by atoms with Crippen LogP contribution in [0.4, 0.5) is 17.6 Å². The Labute approximate surface area is 256 Å². The first-order chi connectivity index (χ1) is 21.6. The van der Waals surface area contributed by atoms with Gasteiger partial charge in [-0.25, -0.2) is 4.39 Å². The van der Waals surface area contributed by atoms with Crippen molar-refractivity contribution in [2.75, 3.05) is 39.4 Å². The molecule has 1 atom stereocenters. The Morgan fingerprint density at radius 1 is 1.04 bits per heavy atom. The number of nitrogens with one attached hydrogen (secondary N) is 1. The van der Waals surface area contributed by atoms with Crippen LogP contribution in [0, 0.1) is 5.82 Å². The molecule has 1 N–H and O–H groups in total. The number of nitrogens with zero attached hydrogens (tertiary/aromatic N) is 4. The van der Waals surface area contributed by atoms with Crippen molar-refractivity contribution in [3.8, 4) is 0 Å². The van der Waals surface area contributed by atoms with Gasteiger partial charge in [-0.05, 0) is 47.7 Å². The normalized spacial score (nSPS) is 17.4. The molecule has 0 saturated carbocycles. The molecule has 1 amide bonds. The van der Waals surface area contributed by atoms with Crippen molar-refractivity contribution in [3.05, 3.63) is 106 Å². The number of Topliss-reactive ketones (excluding diaryl/α,β-unsaturated/α-hetero) is 1. The summed E-state index contributed by atoms with van der Waals surface area (Å²) >= 11 is 0. The molecular formula is C33H31F4N5O3. The van der Waals surface area contributed by atoms with Gasteiger partial charge in [0.2, 0.25) is 0 Å². The molecule has 4 heterocycles. The highest BCUT2D eigenvalue weighted by atomic mass is 19.4. The van der Waals surface area contributed by atoms with Gasteiger partial charge in [0, 0.05) is 68.1 Å². The van der Waals surface area contributed by atoms with E-state index in [1.807, 2.05) is 24.3 Å². The van der Waals surface area contributed by atoms with Crippen LogP contribution in [0.15, 0.2) is 72.1 Å². The highest BCUT2D eigenvalue weighted by Gasteiger charge is 2.37. The first-order valence-corrected chi connectivity index (χ1v) is 14.7. The molecule has 4 aromatic rings. The molecule has 2 aromatic heterocycles. The average molecular weight is 622 g/mol. The third-order valence-electron chi connectivity index (χ3n) is 8.27. The van der Waals surface area contributed by atoms with E-state index in [2.05, 4.69) is 20.3 Å². The molecule has 2 aromatic carbocycles. The maximum atomic E-state index is 14.9. The Bertz CT molecular complexity index is 1790. The number of benzene rings is 2. The van der Waals surface area contributed by atoms with Crippen LogP contribution in [0.2, 0.25) is 0 Å². The number of fused-ring (bicyclic) bond motifs is 2. The van der Waals surface area contributed by atoms with E-state index in [1.165, 1.54) is 10.7 Å². The van der Waals surface area contributed by atoms with E-state index < -0.39 is 29.5 Å².